The molecule has 0 aliphatic carbocycles. The smallest absolute Gasteiger partial charge is 0.251 e. The van der Waals surface area contributed by atoms with E-state index in [9.17, 15) is 4.79 Å². The summed E-state index contributed by atoms with van der Waals surface area (Å²) >= 11 is 0. The van der Waals surface area contributed by atoms with E-state index in [1.54, 1.807) is 12.5 Å². The maximum atomic E-state index is 12.6. The topological polar surface area (TPSA) is 50.2 Å². The molecule has 0 bridgehead atoms. The van der Waals surface area contributed by atoms with Crippen molar-refractivity contribution < 1.29 is 4.79 Å². The first-order valence-electron chi connectivity index (χ1n) is 9.90. The SMILES string of the molecule is O=C(NCc1ccccc1CN1CCCC1)c1ccc(Cn2ccnc2)cc1. The lowest BCUT2D eigenvalue weighted by atomic mass is 10.1. The third kappa shape index (κ3) is 4.67. The van der Waals surface area contributed by atoms with E-state index in [1.807, 2.05) is 41.1 Å². The van der Waals surface area contributed by atoms with Crippen molar-refractivity contribution >= 4 is 5.91 Å². The van der Waals surface area contributed by atoms with Crippen LogP contribution in [0.1, 0.15) is 39.9 Å². The first-order chi connectivity index (χ1) is 13.8. The number of carbonyl (C=O) groups is 1. The van der Waals surface area contributed by atoms with Crippen LogP contribution in [0.25, 0.3) is 0 Å². The Morgan fingerprint density at radius 3 is 2.43 bits per heavy atom. The van der Waals surface area contributed by atoms with Gasteiger partial charge in [-0.3, -0.25) is 9.69 Å². The fourth-order valence-corrected chi connectivity index (χ4v) is 3.70. The van der Waals surface area contributed by atoms with Gasteiger partial charge in [0, 0.05) is 37.6 Å². The van der Waals surface area contributed by atoms with Crippen LogP contribution in [0.3, 0.4) is 0 Å². The maximum Gasteiger partial charge on any atom is 0.251 e. The number of hydrogen-bond donors (Lipinski definition) is 1. The predicted octanol–water partition coefficient (Wildman–Crippen LogP) is 3.46. The van der Waals surface area contributed by atoms with Crippen molar-refractivity contribution in [2.45, 2.75) is 32.5 Å². The van der Waals surface area contributed by atoms with E-state index in [0.717, 1.165) is 18.7 Å². The molecule has 2 aromatic carbocycles. The third-order valence-corrected chi connectivity index (χ3v) is 5.29. The molecule has 1 fully saturated rings. The summed E-state index contributed by atoms with van der Waals surface area (Å²) in [5, 5.41) is 3.07. The van der Waals surface area contributed by atoms with Crippen LogP contribution < -0.4 is 5.32 Å². The molecule has 5 nitrogen and oxygen atoms in total. The fraction of sp³-hybridized carbons (Fsp3) is 0.304. The van der Waals surface area contributed by atoms with E-state index in [2.05, 4.69) is 33.4 Å². The van der Waals surface area contributed by atoms with E-state index in [4.69, 9.17) is 0 Å². The zero-order chi connectivity index (χ0) is 19.2. The molecule has 0 unspecified atom stereocenters. The predicted molar refractivity (Wildman–Crippen MR) is 110 cm³/mol. The number of imidazole rings is 1. The summed E-state index contributed by atoms with van der Waals surface area (Å²) in [5.41, 5.74) is 4.33. The van der Waals surface area contributed by atoms with Crippen LogP contribution in [0.5, 0.6) is 0 Å². The molecule has 3 aromatic rings. The zero-order valence-electron chi connectivity index (χ0n) is 16.1. The molecule has 5 heteroatoms. The van der Waals surface area contributed by atoms with Crippen LogP contribution in [0, 0.1) is 0 Å². The third-order valence-electron chi connectivity index (χ3n) is 5.29. The van der Waals surface area contributed by atoms with Gasteiger partial charge in [-0.2, -0.15) is 0 Å². The Bertz CT molecular complexity index is 897. The minimum Gasteiger partial charge on any atom is -0.348 e. The second-order valence-corrected chi connectivity index (χ2v) is 7.37. The van der Waals surface area contributed by atoms with E-state index in [0.29, 0.717) is 12.1 Å². The molecule has 28 heavy (non-hydrogen) atoms. The maximum absolute atomic E-state index is 12.6. The molecular formula is C23H26N4O. The lowest BCUT2D eigenvalue weighted by Gasteiger charge is -2.17. The van der Waals surface area contributed by atoms with Crippen molar-refractivity contribution in [1.29, 1.82) is 0 Å². The van der Waals surface area contributed by atoms with Gasteiger partial charge in [0.2, 0.25) is 0 Å². The van der Waals surface area contributed by atoms with E-state index >= 15 is 0 Å². The Kier molecular flexibility index (Phi) is 5.83. The second kappa shape index (κ2) is 8.85. The normalized spacial score (nSPS) is 14.3. The Hall–Kier alpha value is -2.92. The first kappa shape index (κ1) is 18.4. The summed E-state index contributed by atoms with van der Waals surface area (Å²) < 4.78 is 2.01. The standard InChI is InChI=1S/C23H26N4O/c28-23(20-9-7-19(8-10-20)16-27-14-11-24-18-27)25-15-21-5-1-2-6-22(21)17-26-12-3-4-13-26/h1-2,5-11,14,18H,3-4,12-13,15-17H2,(H,25,28). The van der Waals surface area contributed by atoms with Gasteiger partial charge in [0.15, 0.2) is 0 Å². The molecule has 1 aliphatic heterocycles. The van der Waals surface area contributed by atoms with Crippen molar-refractivity contribution in [2.75, 3.05) is 13.1 Å². The number of benzene rings is 2. The van der Waals surface area contributed by atoms with Crippen LogP contribution in [0.4, 0.5) is 0 Å². The summed E-state index contributed by atoms with van der Waals surface area (Å²) in [6.45, 7) is 4.62. The highest BCUT2D eigenvalue weighted by Gasteiger charge is 2.14. The van der Waals surface area contributed by atoms with Crippen molar-refractivity contribution in [1.82, 2.24) is 19.8 Å². The quantitative estimate of drug-likeness (QED) is 0.689. The number of aromatic nitrogens is 2. The van der Waals surface area contributed by atoms with Crippen molar-refractivity contribution in [3.05, 3.63) is 89.5 Å². The molecule has 1 amide bonds. The highest BCUT2D eigenvalue weighted by atomic mass is 16.1. The molecule has 0 radical (unpaired) electrons. The second-order valence-electron chi connectivity index (χ2n) is 7.37. The van der Waals surface area contributed by atoms with Crippen LogP contribution in [0.2, 0.25) is 0 Å². The lowest BCUT2D eigenvalue weighted by Crippen LogP contribution is -2.25. The molecule has 0 saturated carbocycles. The molecule has 1 aliphatic rings. The first-order valence-corrected chi connectivity index (χ1v) is 9.90. The minimum absolute atomic E-state index is 0.0369. The van der Waals surface area contributed by atoms with Gasteiger partial charge < -0.3 is 9.88 Å². The highest BCUT2D eigenvalue weighted by molar-refractivity contribution is 5.94. The van der Waals surface area contributed by atoms with E-state index in [1.165, 1.54) is 37.1 Å². The average molecular weight is 374 g/mol. The summed E-state index contributed by atoms with van der Waals surface area (Å²) in [7, 11) is 0. The Morgan fingerprint density at radius 2 is 1.71 bits per heavy atom. The number of likely N-dealkylation sites (tertiary alicyclic amines) is 1. The number of nitrogens with zero attached hydrogens (tertiary/aromatic N) is 3. The molecule has 1 aromatic heterocycles. The number of rotatable bonds is 7. The van der Waals surface area contributed by atoms with Crippen LogP contribution >= 0.6 is 0 Å². The Labute approximate surface area is 166 Å². The van der Waals surface area contributed by atoms with Crippen LogP contribution in [-0.4, -0.2) is 33.4 Å². The highest BCUT2D eigenvalue weighted by Crippen LogP contribution is 2.16. The van der Waals surface area contributed by atoms with Crippen molar-refractivity contribution in [3.8, 4) is 0 Å². The van der Waals surface area contributed by atoms with Gasteiger partial charge in [0.1, 0.15) is 0 Å². The van der Waals surface area contributed by atoms with E-state index in [-0.39, 0.29) is 5.91 Å². The number of hydrogen-bond acceptors (Lipinski definition) is 3. The monoisotopic (exact) mass is 374 g/mol. The minimum atomic E-state index is -0.0369. The molecule has 1 N–H and O–H groups in total. The Balaban J connectivity index is 1.35. The molecule has 2 heterocycles. The van der Waals surface area contributed by atoms with Crippen molar-refractivity contribution in [2.24, 2.45) is 0 Å². The van der Waals surface area contributed by atoms with Crippen LogP contribution in [-0.2, 0) is 19.6 Å². The van der Waals surface area contributed by atoms with Gasteiger partial charge in [0.05, 0.1) is 6.33 Å². The number of nitrogens with one attached hydrogen (secondary N) is 1. The zero-order valence-corrected chi connectivity index (χ0v) is 16.1. The summed E-state index contributed by atoms with van der Waals surface area (Å²) in [6.07, 6.45) is 8.06. The van der Waals surface area contributed by atoms with Crippen molar-refractivity contribution in [3.63, 3.8) is 0 Å². The summed E-state index contributed by atoms with van der Waals surface area (Å²) in [5.74, 6) is -0.0369. The molecule has 0 spiro atoms. The number of amides is 1. The largest absolute Gasteiger partial charge is 0.348 e. The van der Waals surface area contributed by atoms with Gasteiger partial charge >= 0.3 is 0 Å². The summed E-state index contributed by atoms with van der Waals surface area (Å²) in [4.78, 5) is 19.1. The Morgan fingerprint density at radius 1 is 0.964 bits per heavy atom. The lowest BCUT2D eigenvalue weighted by molar-refractivity contribution is 0.0950. The summed E-state index contributed by atoms with van der Waals surface area (Å²) in [6, 6.07) is 16.2. The van der Waals surface area contributed by atoms with Gasteiger partial charge in [-0.1, -0.05) is 36.4 Å². The van der Waals surface area contributed by atoms with Gasteiger partial charge in [-0.15, -0.1) is 0 Å². The average Bonchev–Trinajstić information content (AvgIpc) is 3.42. The van der Waals surface area contributed by atoms with Crippen LogP contribution in [0.15, 0.2) is 67.3 Å². The number of carbonyl (C=O) groups excluding carboxylic acids is 1. The molecule has 144 valence electrons. The van der Waals surface area contributed by atoms with E-state index < -0.39 is 0 Å². The van der Waals surface area contributed by atoms with Gasteiger partial charge in [-0.05, 0) is 54.8 Å². The van der Waals surface area contributed by atoms with Gasteiger partial charge in [0.25, 0.3) is 5.91 Å². The molecule has 0 atom stereocenters. The molecule has 4 rings (SSSR count). The fourth-order valence-electron chi connectivity index (χ4n) is 3.70. The molecular weight excluding hydrogens is 348 g/mol. The van der Waals surface area contributed by atoms with Gasteiger partial charge in [-0.25, -0.2) is 4.98 Å². The molecule has 1 saturated heterocycles.